The minimum atomic E-state index is -0.790. The second-order valence-electron chi connectivity index (χ2n) is 6.43. The molecule has 0 aliphatic heterocycles. The van der Waals surface area contributed by atoms with Crippen LogP contribution in [0.1, 0.15) is 30.9 Å². The number of anilines is 1. The molecule has 0 aliphatic rings. The summed E-state index contributed by atoms with van der Waals surface area (Å²) in [6.45, 7) is 5.39. The van der Waals surface area contributed by atoms with Crippen molar-refractivity contribution in [3.63, 3.8) is 0 Å². The van der Waals surface area contributed by atoms with Gasteiger partial charge in [0, 0.05) is 18.5 Å². The highest BCUT2D eigenvalue weighted by Gasteiger charge is 2.17. The van der Waals surface area contributed by atoms with Gasteiger partial charge in [0.1, 0.15) is 5.75 Å². The van der Waals surface area contributed by atoms with E-state index in [1.165, 1.54) is 0 Å². The molecule has 0 bridgehead atoms. The highest BCUT2D eigenvalue weighted by Crippen LogP contribution is 2.23. The lowest BCUT2D eigenvalue weighted by atomic mass is 10.1. The Bertz CT molecular complexity index is 817. The molecule has 28 heavy (non-hydrogen) atoms. The number of hydrogen-bond acceptors (Lipinski definition) is 4. The van der Waals surface area contributed by atoms with Crippen LogP contribution in [0.3, 0.4) is 0 Å². The van der Waals surface area contributed by atoms with Crippen molar-refractivity contribution in [1.82, 2.24) is 10.9 Å². The summed E-state index contributed by atoms with van der Waals surface area (Å²) >= 11 is 0. The molecule has 148 valence electrons. The number of benzene rings is 2. The second-order valence-corrected chi connectivity index (χ2v) is 6.43. The largest absolute Gasteiger partial charge is 0.480 e. The molecule has 0 heterocycles. The molecule has 0 spiro atoms. The third-order valence-electron chi connectivity index (χ3n) is 4.03. The van der Waals surface area contributed by atoms with Gasteiger partial charge < -0.3 is 10.1 Å². The molecule has 2 aromatic rings. The van der Waals surface area contributed by atoms with Gasteiger partial charge in [-0.3, -0.25) is 25.2 Å². The Labute approximate surface area is 164 Å². The predicted octanol–water partition coefficient (Wildman–Crippen LogP) is 2.64. The van der Waals surface area contributed by atoms with Gasteiger partial charge in [0.2, 0.25) is 11.8 Å². The van der Waals surface area contributed by atoms with Crippen LogP contribution < -0.4 is 20.9 Å². The first-order chi connectivity index (χ1) is 13.4. The maximum absolute atomic E-state index is 12.1. The molecule has 0 radical (unpaired) electrons. The monoisotopic (exact) mass is 383 g/mol. The fourth-order valence-corrected chi connectivity index (χ4v) is 2.48. The normalized spacial score (nSPS) is 11.2. The number of carbonyl (C=O) groups excluding carboxylic acids is 3. The zero-order valence-electron chi connectivity index (χ0n) is 16.2. The molecule has 3 N–H and O–H groups in total. The Morgan fingerprint density at radius 1 is 0.857 bits per heavy atom. The Kier molecular flexibility index (Phi) is 7.56. The molecule has 2 aromatic carbocycles. The van der Waals surface area contributed by atoms with Crippen LogP contribution >= 0.6 is 0 Å². The van der Waals surface area contributed by atoms with Gasteiger partial charge in [-0.25, -0.2) is 0 Å². The topological polar surface area (TPSA) is 96.5 Å². The Hall–Kier alpha value is -3.35. The van der Waals surface area contributed by atoms with E-state index in [0.29, 0.717) is 11.4 Å². The highest BCUT2D eigenvalue weighted by atomic mass is 16.5. The summed E-state index contributed by atoms with van der Waals surface area (Å²) in [7, 11) is 0. The standard InChI is InChI=1S/C21H25N3O4/c1-14-8-7-9-15(2)20(14)28-16(3)21(27)24-23-19(26)13-12-18(25)22-17-10-5-4-6-11-17/h4-11,16H,12-13H2,1-3H3,(H,22,25)(H,23,26)(H,24,27). The van der Waals surface area contributed by atoms with E-state index in [2.05, 4.69) is 16.2 Å². The van der Waals surface area contributed by atoms with E-state index in [1.807, 2.05) is 38.1 Å². The number of rotatable bonds is 7. The number of hydrogen-bond donors (Lipinski definition) is 3. The number of aryl methyl sites for hydroxylation is 2. The number of amides is 3. The lowest BCUT2D eigenvalue weighted by Gasteiger charge is -2.18. The highest BCUT2D eigenvalue weighted by molar-refractivity contribution is 5.93. The Morgan fingerprint density at radius 3 is 2.11 bits per heavy atom. The molecular formula is C21H25N3O4. The fraction of sp³-hybridized carbons (Fsp3) is 0.286. The van der Waals surface area contributed by atoms with E-state index in [4.69, 9.17) is 4.74 Å². The molecule has 0 aromatic heterocycles. The summed E-state index contributed by atoms with van der Waals surface area (Å²) in [5, 5.41) is 2.69. The molecular weight excluding hydrogens is 358 g/mol. The fourth-order valence-electron chi connectivity index (χ4n) is 2.48. The molecule has 1 atom stereocenters. The van der Waals surface area contributed by atoms with Crippen molar-refractivity contribution in [1.29, 1.82) is 0 Å². The molecule has 0 fully saturated rings. The molecule has 0 saturated carbocycles. The van der Waals surface area contributed by atoms with E-state index in [1.54, 1.807) is 31.2 Å². The van der Waals surface area contributed by atoms with Gasteiger partial charge in [-0.1, -0.05) is 36.4 Å². The summed E-state index contributed by atoms with van der Waals surface area (Å²) in [5.41, 5.74) is 7.13. The van der Waals surface area contributed by atoms with Gasteiger partial charge in [-0.15, -0.1) is 0 Å². The summed E-state index contributed by atoms with van der Waals surface area (Å²) in [6.07, 6.45) is -0.836. The first-order valence-electron chi connectivity index (χ1n) is 9.03. The van der Waals surface area contributed by atoms with Crippen molar-refractivity contribution < 1.29 is 19.1 Å². The number of para-hydroxylation sites is 2. The second kappa shape index (κ2) is 10.1. The van der Waals surface area contributed by atoms with Crippen LogP contribution in [0.25, 0.3) is 0 Å². The van der Waals surface area contributed by atoms with E-state index in [0.717, 1.165) is 11.1 Å². The van der Waals surface area contributed by atoms with Crippen molar-refractivity contribution in [2.75, 3.05) is 5.32 Å². The number of hydrazine groups is 1. The van der Waals surface area contributed by atoms with Crippen LogP contribution in [-0.2, 0) is 14.4 Å². The minimum Gasteiger partial charge on any atom is -0.480 e. The van der Waals surface area contributed by atoms with Gasteiger partial charge in [-0.05, 0) is 44.0 Å². The van der Waals surface area contributed by atoms with E-state index < -0.39 is 17.9 Å². The molecule has 0 aliphatic carbocycles. The van der Waals surface area contributed by atoms with Gasteiger partial charge >= 0.3 is 0 Å². The number of nitrogens with one attached hydrogen (secondary N) is 3. The maximum atomic E-state index is 12.1. The molecule has 2 rings (SSSR count). The smallest absolute Gasteiger partial charge is 0.279 e. The van der Waals surface area contributed by atoms with Gasteiger partial charge in [-0.2, -0.15) is 0 Å². The average Bonchev–Trinajstić information content (AvgIpc) is 2.68. The van der Waals surface area contributed by atoms with Crippen molar-refractivity contribution in [2.24, 2.45) is 0 Å². The van der Waals surface area contributed by atoms with E-state index in [-0.39, 0.29) is 18.7 Å². The van der Waals surface area contributed by atoms with E-state index in [9.17, 15) is 14.4 Å². The lowest BCUT2D eigenvalue weighted by molar-refractivity contribution is -0.133. The quantitative estimate of drug-likeness (QED) is 0.641. The van der Waals surface area contributed by atoms with Crippen LogP contribution in [0.4, 0.5) is 5.69 Å². The van der Waals surface area contributed by atoms with Gasteiger partial charge in [0.15, 0.2) is 6.10 Å². The first-order valence-corrected chi connectivity index (χ1v) is 9.03. The van der Waals surface area contributed by atoms with E-state index >= 15 is 0 Å². The third kappa shape index (κ3) is 6.42. The van der Waals surface area contributed by atoms with Crippen molar-refractivity contribution >= 4 is 23.4 Å². The van der Waals surface area contributed by atoms with Gasteiger partial charge in [0.05, 0.1) is 0 Å². The number of carbonyl (C=O) groups is 3. The summed E-state index contributed by atoms with van der Waals surface area (Å²) in [4.78, 5) is 35.8. The van der Waals surface area contributed by atoms with Gasteiger partial charge in [0.25, 0.3) is 5.91 Å². The predicted molar refractivity (Wildman–Crippen MR) is 107 cm³/mol. The Balaban J connectivity index is 1.72. The van der Waals surface area contributed by atoms with Crippen molar-refractivity contribution in [3.8, 4) is 5.75 Å². The lowest BCUT2D eigenvalue weighted by Crippen LogP contribution is -2.47. The zero-order valence-corrected chi connectivity index (χ0v) is 16.2. The summed E-state index contributed by atoms with van der Waals surface area (Å²) in [6, 6.07) is 14.7. The van der Waals surface area contributed by atoms with Crippen LogP contribution in [0, 0.1) is 13.8 Å². The van der Waals surface area contributed by atoms with Crippen molar-refractivity contribution in [3.05, 3.63) is 59.7 Å². The van der Waals surface area contributed by atoms with Crippen LogP contribution in [0.5, 0.6) is 5.75 Å². The zero-order chi connectivity index (χ0) is 20.5. The van der Waals surface area contributed by atoms with Crippen LogP contribution in [-0.4, -0.2) is 23.8 Å². The average molecular weight is 383 g/mol. The molecule has 1 unspecified atom stereocenters. The summed E-state index contributed by atoms with van der Waals surface area (Å²) < 4.78 is 5.71. The van der Waals surface area contributed by atoms with Crippen LogP contribution in [0.2, 0.25) is 0 Å². The Morgan fingerprint density at radius 2 is 1.46 bits per heavy atom. The van der Waals surface area contributed by atoms with Crippen molar-refractivity contribution in [2.45, 2.75) is 39.7 Å². The minimum absolute atomic E-state index is 0.00502. The molecule has 7 heteroatoms. The van der Waals surface area contributed by atoms with Crippen LogP contribution in [0.15, 0.2) is 48.5 Å². The number of ether oxygens (including phenoxy) is 1. The first kappa shape index (κ1) is 21.0. The summed E-state index contributed by atoms with van der Waals surface area (Å²) in [5.74, 6) is -0.575. The third-order valence-corrected chi connectivity index (χ3v) is 4.03. The molecule has 7 nitrogen and oxygen atoms in total. The SMILES string of the molecule is Cc1cccc(C)c1OC(C)C(=O)NNC(=O)CCC(=O)Nc1ccccc1. The molecule has 0 saturated heterocycles. The molecule has 3 amide bonds. The maximum Gasteiger partial charge on any atom is 0.279 e.